The van der Waals surface area contributed by atoms with Crippen molar-refractivity contribution in [3.63, 3.8) is 0 Å². The van der Waals surface area contributed by atoms with Crippen LogP contribution < -0.4 is 0 Å². The Balaban J connectivity index is 3.03. The van der Waals surface area contributed by atoms with Gasteiger partial charge in [-0.15, -0.1) is 0 Å². The molecule has 25 heavy (non-hydrogen) atoms. The molecule has 0 fully saturated rings. The Bertz CT molecular complexity index is 825. The van der Waals surface area contributed by atoms with Crippen LogP contribution in [-0.4, -0.2) is 5.11 Å². The summed E-state index contributed by atoms with van der Waals surface area (Å²) >= 11 is 0. The van der Waals surface area contributed by atoms with Crippen molar-refractivity contribution < 1.29 is 40.2 Å². The number of hydrogen-bond acceptors (Lipinski definition) is 1. The summed E-state index contributed by atoms with van der Waals surface area (Å²) < 4.78 is 111. The van der Waals surface area contributed by atoms with Crippen LogP contribution in [0.1, 0.15) is 26.3 Å². The highest BCUT2D eigenvalue weighted by Crippen LogP contribution is 2.41. The SMILES string of the molecule is CC(C)(C)c1c(F)c(F)c(-c2c(F)c(F)c(O)c(F)c2F)c(F)c1F. The van der Waals surface area contributed by atoms with Crippen LogP contribution in [0.15, 0.2) is 0 Å². The fourth-order valence-electron chi connectivity index (χ4n) is 2.35. The molecule has 0 atom stereocenters. The molecule has 0 aliphatic rings. The van der Waals surface area contributed by atoms with Crippen LogP contribution in [0.5, 0.6) is 5.75 Å². The van der Waals surface area contributed by atoms with Gasteiger partial charge in [0, 0.05) is 5.56 Å². The topological polar surface area (TPSA) is 20.2 Å². The maximum absolute atomic E-state index is 14.2. The van der Waals surface area contributed by atoms with Gasteiger partial charge in [0.25, 0.3) is 0 Å². The van der Waals surface area contributed by atoms with Gasteiger partial charge in [0.1, 0.15) is 0 Å². The predicted octanol–water partition coefficient (Wildman–Crippen LogP) is 5.47. The molecule has 9 heteroatoms. The van der Waals surface area contributed by atoms with Gasteiger partial charge in [0.15, 0.2) is 40.7 Å². The maximum atomic E-state index is 14.2. The summed E-state index contributed by atoms with van der Waals surface area (Å²) in [7, 11) is 0. The second kappa shape index (κ2) is 5.89. The second-order valence-electron chi connectivity index (χ2n) is 6.24. The monoisotopic (exact) mass is 370 g/mol. The highest BCUT2D eigenvalue weighted by atomic mass is 19.2. The minimum Gasteiger partial charge on any atom is -0.503 e. The number of benzene rings is 2. The Kier molecular flexibility index (Phi) is 4.48. The number of aromatic hydroxyl groups is 1. The quantitative estimate of drug-likeness (QED) is 0.521. The van der Waals surface area contributed by atoms with Gasteiger partial charge in [-0.2, -0.15) is 8.78 Å². The van der Waals surface area contributed by atoms with Crippen molar-refractivity contribution in [1.82, 2.24) is 0 Å². The zero-order chi connectivity index (χ0) is 19.4. The van der Waals surface area contributed by atoms with Crippen molar-refractivity contribution in [1.29, 1.82) is 0 Å². The summed E-state index contributed by atoms with van der Waals surface area (Å²) in [5, 5.41) is 8.87. The first-order chi connectivity index (χ1) is 11.3. The first-order valence-electron chi connectivity index (χ1n) is 6.74. The molecule has 0 aliphatic heterocycles. The summed E-state index contributed by atoms with van der Waals surface area (Å²) in [5.41, 5.74) is -6.46. The summed E-state index contributed by atoms with van der Waals surface area (Å²) in [6, 6.07) is 0. The first kappa shape index (κ1) is 19.0. The van der Waals surface area contributed by atoms with E-state index in [0.717, 1.165) is 0 Å². The predicted molar refractivity (Wildman–Crippen MR) is 71.9 cm³/mol. The van der Waals surface area contributed by atoms with E-state index in [0.29, 0.717) is 0 Å². The largest absolute Gasteiger partial charge is 0.503 e. The number of phenolic OH excluding ortho intramolecular Hbond substituents is 1. The van der Waals surface area contributed by atoms with Crippen LogP contribution in [0, 0.1) is 46.5 Å². The van der Waals surface area contributed by atoms with E-state index in [1.807, 2.05) is 0 Å². The Labute approximate surface area is 136 Å². The third-order valence-electron chi connectivity index (χ3n) is 3.50. The van der Waals surface area contributed by atoms with E-state index in [4.69, 9.17) is 5.11 Å². The number of hydrogen-bond donors (Lipinski definition) is 1. The van der Waals surface area contributed by atoms with Gasteiger partial charge in [-0.3, -0.25) is 0 Å². The fourth-order valence-corrected chi connectivity index (χ4v) is 2.35. The first-order valence-corrected chi connectivity index (χ1v) is 6.74. The van der Waals surface area contributed by atoms with E-state index in [1.165, 1.54) is 20.8 Å². The molecule has 0 spiro atoms. The van der Waals surface area contributed by atoms with Crippen LogP contribution in [0.3, 0.4) is 0 Å². The van der Waals surface area contributed by atoms with Gasteiger partial charge in [0.2, 0.25) is 11.6 Å². The molecule has 0 amide bonds. The maximum Gasteiger partial charge on any atom is 0.204 e. The van der Waals surface area contributed by atoms with Crippen LogP contribution in [0.2, 0.25) is 0 Å². The normalized spacial score (nSPS) is 12.0. The molecule has 0 radical (unpaired) electrons. The lowest BCUT2D eigenvalue weighted by atomic mass is 9.84. The van der Waals surface area contributed by atoms with E-state index in [2.05, 4.69) is 0 Å². The molecule has 2 rings (SSSR count). The molecule has 0 heterocycles. The van der Waals surface area contributed by atoms with Crippen molar-refractivity contribution in [2.45, 2.75) is 26.2 Å². The van der Waals surface area contributed by atoms with Crippen molar-refractivity contribution >= 4 is 0 Å². The molecule has 0 saturated heterocycles. The van der Waals surface area contributed by atoms with E-state index < -0.39 is 74.4 Å². The van der Waals surface area contributed by atoms with E-state index >= 15 is 0 Å². The number of phenols is 1. The summed E-state index contributed by atoms with van der Waals surface area (Å²) in [4.78, 5) is 0. The van der Waals surface area contributed by atoms with Crippen molar-refractivity contribution in [3.8, 4) is 16.9 Å². The van der Waals surface area contributed by atoms with Crippen molar-refractivity contribution in [3.05, 3.63) is 52.1 Å². The fraction of sp³-hybridized carbons (Fsp3) is 0.250. The van der Waals surface area contributed by atoms with Crippen LogP contribution in [0.25, 0.3) is 11.1 Å². The molecule has 0 aliphatic carbocycles. The molecular formula is C16H10F8O. The van der Waals surface area contributed by atoms with Gasteiger partial charge in [-0.05, 0) is 5.41 Å². The van der Waals surface area contributed by atoms with Crippen LogP contribution in [0.4, 0.5) is 35.1 Å². The standard InChI is InChI=1S/C16H10F8O/c1-16(2,3)6-11(21)7(17)4(8(18)12(6)22)5-9(19)13(23)15(25)14(24)10(5)20/h25H,1-3H3. The highest BCUT2D eigenvalue weighted by Gasteiger charge is 2.36. The number of halogens is 8. The third-order valence-corrected chi connectivity index (χ3v) is 3.50. The van der Waals surface area contributed by atoms with Crippen molar-refractivity contribution in [2.75, 3.05) is 0 Å². The van der Waals surface area contributed by atoms with Gasteiger partial charge < -0.3 is 5.11 Å². The van der Waals surface area contributed by atoms with Gasteiger partial charge in [-0.25, -0.2) is 26.3 Å². The van der Waals surface area contributed by atoms with Gasteiger partial charge >= 0.3 is 0 Å². The van der Waals surface area contributed by atoms with Gasteiger partial charge in [0.05, 0.1) is 11.1 Å². The second-order valence-corrected chi connectivity index (χ2v) is 6.24. The van der Waals surface area contributed by atoms with E-state index in [9.17, 15) is 35.1 Å². The Morgan fingerprint density at radius 1 is 0.520 bits per heavy atom. The molecule has 1 N–H and O–H groups in total. The number of rotatable bonds is 1. The molecule has 1 nitrogen and oxygen atoms in total. The summed E-state index contributed by atoms with van der Waals surface area (Å²) in [6.45, 7) is 3.65. The van der Waals surface area contributed by atoms with Crippen LogP contribution in [-0.2, 0) is 5.41 Å². The highest BCUT2D eigenvalue weighted by molar-refractivity contribution is 5.69. The zero-order valence-corrected chi connectivity index (χ0v) is 13.0. The molecule has 136 valence electrons. The molecule has 0 saturated carbocycles. The van der Waals surface area contributed by atoms with E-state index in [-0.39, 0.29) is 0 Å². The average molecular weight is 370 g/mol. The molecule has 0 aromatic heterocycles. The Morgan fingerprint density at radius 3 is 1.08 bits per heavy atom. The molecular weight excluding hydrogens is 360 g/mol. The molecule has 0 bridgehead atoms. The minimum absolute atomic E-state index is 1.05. The minimum atomic E-state index is -2.41. The smallest absolute Gasteiger partial charge is 0.204 e. The van der Waals surface area contributed by atoms with Gasteiger partial charge in [-0.1, -0.05) is 20.8 Å². The van der Waals surface area contributed by atoms with Crippen molar-refractivity contribution in [2.24, 2.45) is 0 Å². The summed E-state index contributed by atoms with van der Waals surface area (Å²) in [5.74, 6) is -20.0. The summed E-state index contributed by atoms with van der Waals surface area (Å²) in [6.07, 6.45) is 0. The van der Waals surface area contributed by atoms with E-state index in [1.54, 1.807) is 0 Å². The lowest BCUT2D eigenvalue weighted by Crippen LogP contribution is -2.20. The molecule has 0 unspecified atom stereocenters. The van der Waals surface area contributed by atoms with Crippen LogP contribution >= 0.6 is 0 Å². The Hall–Kier alpha value is -2.32. The third kappa shape index (κ3) is 2.71. The lowest BCUT2D eigenvalue weighted by molar-refractivity contribution is 0.357. The molecule has 2 aromatic carbocycles. The molecule has 2 aromatic rings. The Morgan fingerprint density at radius 2 is 0.800 bits per heavy atom. The average Bonchev–Trinajstić information content (AvgIpc) is 2.51. The lowest BCUT2D eigenvalue weighted by Gasteiger charge is -2.22. The zero-order valence-electron chi connectivity index (χ0n) is 13.0.